The minimum Gasteiger partial charge on any atom is -0.444 e. The number of carbonyl (C=O) groups is 1. The van der Waals surface area contributed by atoms with E-state index >= 15 is 0 Å². The van der Waals surface area contributed by atoms with Crippen molar-refractivity contribution in [2.75, 3.05) is 19.6 Å². The Bertz CT molecular complexity index is 488. The fraction of sp³-hybridized carbons (Fsp3) is 0.571. The van der Waals surface area contributed by atoms with Gasteiger partial charge in [-0.3, -0.25) is 4.90 Å². The van der Waals surface area contributed by atoms with Crippen molar-refractivity contribution in [1.29, 1.82) is 0 Å². The van der Waals surface area contributed by atoms with Crippen LogP contribution >= 0.6 is 11.6 Å². The summed E-state index contributed by atoms with van der Waals surface area (Å²) in [4.78, 5) is 18.1. The Morgan fingerprint density at radius 1 is 1.55 bits per heavy atom. The average molecular weight is 298 g/mol. The third-order valence-corrected chi connectivity index (χ3v) is 3.33. The number of piperazine rings is 1. The molecule has 1 aliphatic rings. The van der Waals surface area contributed by atoms with Crippen LogP contribution in [-0.2, 0) is 4.74 Å². The lowest BCUT2D eigenvalue weighted by atomic mass is 10.1. The number of pyridine rings is 1. The van der Waals surface area contributed by atoms with E-state index in [4.69, 9.17) is 16.3 Å². The zero-order valence-corrected chi connectivity index (χ0v) is 12.8. The van der Waals surface area contributed by atoms with Crippen LogP contribution in [0, 0.1) is 0 Å². The minimum absolute atomic E-state index is 0.153. The molecule has 2 rings (SSSR count). The van der Waals surface area contributed by atoms with E-state index in [-0.39, 0.29) is 12.1 Å². The van der Waals surface area contributed by atoms with Crippen molar-refractivity contribution >= 4 is 17.7 Å². The van der Waals surface area contributed by atoms with Crippen LogP contribution in [0.1, 0.15) is 32.4 Å². The average Bonchev–Trinajstić information content (AvgIpc) is 2.37. The zero-order chi connectivity index (χ0) is 14.8. The molecule has 0 aromatic carbocycles. The normalized spacial score (nSPS) is 19.8. The van der Waals surface area contributed by atoms with Gasteiger partial charge in [0.1, 0.15) is 10.8 Å². The topological polar surface area (TPSA) is 54.5 Å². The highest BCUT2D eigenvalue weighted by molar-refractivity contribution is 6.30. The maximum absolute atomic E-state index is 12.3. The Hall–Kier alpha value is -1.33. The van der Waals surface area contributed by atoms with Crippen molar-refractivity contribution in [2.24, 2.45) is 0 Å². The molecular formula is C14H20ClN3O2. The molecule has 2 heterocycles. The van der Waals surface area contributed by atoms with Crippen LogP contribution in [0.3, 0.4) is 0 Å². The van der Waals surface area contributed by atoms with Crippen LogP contribution in [-0.4, -0.2) is 41.2 Å². The number of rotatable bonds is 1. The summed E-state index contributed by atoms with van der Waals surface area (Å²) >= 11 is 6.14. The van der Waals surface area contributed by atoms with E-state index in [9.17, 15) is 4.79 Å². The molecular weight excluding hydrogens is 278 g/mol. The van der Waals surface area contributed by atoms with Crippen LogP contribution in [0.15, 0.2) is 18.3 Å². The third-order valence-electron chi connectivity index (χ3n) is 3.02. The molecule has 0 bridgehead atoms. The predicted molar refractivity (Wildman–Crippen MR) is 77.8 cm³/mol. The van der Waals surface area contributed by atoms with Gasteiger partial charge >= 0.3 is 6.09 Å². The summed E-state index contributed by atoms with van der Waals surface area (Å²) in [7, 11) is 0. The smallest absolute Gasteiger partial charge is 0.410 e. The summed E-state index contributed by atoms with van der Waals surface area (Å²) in [5.41, 5.74) is 0.331. The van der Waals surface area contributed by atoms with Gasteiger partial charge in [0.2, 0.25) is 0 Å². The molecule has 1 aromatic heterocycles. The van der Waals surface area contributed by atoms with E-state index in [0.29, 0.717) is 18.2 Å². The van der Waals surface area contributed by atoms with Crippen molar-refractivity contribution in [2.45, 2.75) is 32.4 Å². The first-order valence-electron chi connectivity index (χ1n) is 6.69. The molecule has 1 unspecified atom stereocenters. The fourth-order valence-corrected chi connectivity index (χ4v) is 2.41. The Labute approximate surface area is 124 Å². The zero-order valence-electron chi connectivity index (χ0n) is 12.0. The summed E-state index contributed by atoms with van der Waals surface area (Å²) in [6.07, 6.45) is 1.32. The molecule has 0 saturated carbocycles. The second-order valence-corrected chi connectivity index (χ2v) is 6.14. The van der Waals surface area contributed by atoms with Crippen molar-refractivity contribution in [1.82, 2.24) is 15.2 Å². The second-order valence-electron chi connectivity index (χ2n) is 5.78. The monoisotopic (exact) mass is 297 g/mol. The highest BCUT2D eigenvalue weighted by atomic mass is 35.5. The highest BCUT2D eigenvalue weighted by Crippen LogP contribution is 2.28. The summed E-state index contributed by atoms with van der Waals surface area (Å²) < 4.78 is 5.46. The van der Waals surface area contributed by atoms with Crippen molar-refractivity contribution in [3.63, 3.8) is 0 Å². The maximum Gasteiger partial charge on any atom is 0.410 e. The van der Waals surface area contributed by atoms with Crippen molar-refractivity contribution < 1.29 is 9.53 Å². The number of nitrogens with zero attached hydrogens (tertiary/aromatic N) is 2. The lowest BCUT2D eigenvalue weighted by Crippen LogP contribution is -2.50. The SMILES string of the molecule is CC(C)(C)OC(=O)N1CCNCC1c1cccnc1Cl. The molecule has 1 amide bonds. The number of hydrogen-bond acceptors (Lipinski definition) is 4. The molecule has 0 aliphatic carbocycles. The predicted octanol–water partition coefficient (Wildman–Crippen LogP) is 2.62. The fourth-order valence-electron chi connectivity index (χ4n) is 2.17. The molecule has 0 radical (unpaired) electrons. The molecule has 110 valence electrons. The molecule has 6 heteroatoms. The Morgan fingerprint density at radius 2 is 2.30 bits per heavy atom. The molecule has 1 saturated heterocycles. The lowest BCUT2D eigenvalue weighted by molar-refractivity contribution is 0.0118. The van der Waals surface area contributed by atoms with E-state index in [0.717, 1.165) is 12.1 Å². The van der Waals surface area contributed by atoms with Gasteiger partial charge in [-0.25, -0.2) is 9.78 Å². The van der Waals surface area contributed by atoms with Crippen LogP contribution in [0.25, 0.3) is 0 Å². The molecule has 1 fully saturated rings. The van der Waals surface area contributed by atoms with E-state index in [2.05, 4.69) is 10.3 Å². The van der Waals surface area contributed by atoms with Gasteiger partial charge in [-0.05, 0) is 26.8 Å². The maximum atomic E-state index is 12.3. The number of amides is 1. The first-order valence-corrected chi connectivity index (χ1v) is 7.07. The Balaban J connectivity index is 2.22. The molecule has 5 nitrogen and oxygen atoms in total. The summed E-state index contributed by atoms with van der Waals surface area (Å²) in [6.45, 7) is 7.56. The van der Waals surface area contributed by atoms with Gasteiger partial charge in [0, 0.05) is 31.4 Å². The van der Waals surface area contributed by atoms with Crippen molar-refractivity contribution in [3.8, 4) is 0 Å². The first-order chi connectivity index (χ1) is 9.38. The van der Waals surface area contributed by atoms with Crippen LogP contribution in [0.5, 0.6) is 0 Å². The molecule has 1 atom stereocenters. The van der Waals surface area contributed by atoms with Gasteiger partial charge in [0.05, 0.1) is 6.04 Å². The molecule has 20 heavy (non-hydrogen) atoms. The quantitative estimate of drug-likeness (QED) is 0.810. The van der Waals surface area contributed by atoms with Crippen LogP contribution < -0.4 is 5.32 Å². The van der Waals surface area contributed by atoms with E-state index in [1.807, 2.05) is 32.9 Å². The van der Waals surface area contributed by atoms with Gasteiger partial charge in [-0.1, -0.05) is 17.7 Å². The number of hydrogen-bond donors (Lipinski definition) is 1. The van der Waals surface area contributed by atoms with Gasteiger partial charge in [0.25, 0.3) is 0 Å². The minimum atomic E-state index is -0.509. The Kier molecular flexibility index (Phi) is 4.50. The summed E-state index contributed by atoms with van der Waals surface area (Å²) in [6, 6.07) is 3.56. The van der Waals surface area contributed by atoms with E-state index < -0.39 is 5.60 Å². The second kappa shape index (κ2) is 5.97. The number of aromatic nitrogens is 1. The number of halogens is 1. The lowest BCUT2D eigenvalue weighted by Gasteiger charge is -2.37. The van der Waals surface area contributed by atoms with E-state index in [1.54, 1.807) is 11.1 Å². The molecule has 1 aliphatic heterocycles. The summed E-state index contributed by atoms with van der Waals surface area (Å²) in [5, 5.41) is 3.70. The molecule has 1 N–H and O–H groups in total. The largest absolute Gasteiger partial charge is 0.444 e. The standard InChI is InChI=1S/C14H20ClN3O2/c1-14(2,3)20-13(19)18-8-7-16-9-11(18)10-5-4-6-17-12(10)15/h4-6,11,16H,7-9H2,1-3H3. The summed E-state index contributed by atoms with van der Waals surface area (Å²) in [5.74, 6) is 0. The van der Waals surface area contributed by atoms with Gasteiger partial charge in [-0.2, -0.15) is 0 Å². The Morgan fingerprint density at radius 3 is 2.95 bits per heavy atom. The number of carbonyl (C=O) groups excluding carboxylic acids is 1. The number of nitrogens with one attached hydrogen (secondary N) is 1. The van der Waals surface area contributed by atoms with E-state index in [1.165, 1.54) is 0 Å². The molecule has 1 aromatic rings. The first kappa shape index (κ1) is 15.1. The highest BCUT2D eigenvalue weighted by Gasteiger charge is 2.32. The third kappa shape index (κ3) is 3.61. The van der Waals surface area contributed by atoms with Crippen LogP contribution in [0.2, 0.25) is 5.15 Å². The van der Waals surface area contributed by atoms with Gasteiger partial charge in [-0.15, -0.1) is 0 Å². The molecule has 0 spiro atoms. The van der Waals surface area contributed by atoms with Crippen LogP contribution in [0.4, 0.5) is 4.79 Å². The van der Waals surface area contributed by atoms with Crippen molar-refractivity contribution in [3.05, 3.63) is 29.0 Å². The van der Waals surface area contributed by atoms with Gasteiger partial charge < -0.3 is 10.1 Å². The number of ether oxygens (including phenoxy) is 1. The van der Waals surface area contributed by atoms with Gasteiger partial charge in [0.15, 0.2) is 0 Å².